The van der Waals surface area contributed by atoms with Gasteiger partial charge in [-0.1, -0.05) is 48.5 Å². The molecule has 4 aromatic rings. The molecule has 5 rings (SSSR count). The fourth-order valence-corrected chi connectivity index (χ4v) is 5.60. The van der Waals surface area contributed by atoms with E-state index in [1.807, 2.05) is 18.2 Å². The van der Waals surface area contributed by atoms with Gasteiger partial charge in [0.05, 0.1) is 12.7 Å². The number of halogens is 1. The van der Waals surface area contributed by atoms with Crippen LogP contribution in [-0.2, 0) is 26.1 Å². The molecule has 1 aliphatic heterocycles. The van der Waals surface area contributed by atoms with E-state index in [-0.39, 0.29) is 12.4 Å². The Morgan fingerprint density at radius 2 is 1.89 bits per heavy atom. The first-order valence-corrected chi connectivity index (χ1v) is 12.9. The molecule has 0 saturated heterocycles. The molecule has 2 heterocycles. The monoisotopic (exact) mass is 511 g/mol. The highest BCUT2D eigenvalue weighted by atomic mass is 32.1. The summed E-state index contributed by atoms with van der Waals surface area (Å²) < 4.78 is 25.2. The van der Waals surface area contributed by atoms with Gasteiger partial charge in [-0.05, 0) is 47.4 Å². The molecule has 0 saturated carbocycles. The van der Waals surface area contributed by atoms with Gasteiger partial charge in [0.15, 0.2) is 11.5 Å². The van der Waals surface area contributed by atoms with Crippen molar-refractivity contribution in [2.75, 3.05) is 13.7 Å². The van der Waals surface area contributed by atoms with E-state index in [4.69, 9.17) is 9.47 Å². The molecule has 37 heavy (non-hydrogen) atoms. The van der Waals surface area contributed by atoms with Gasteiger partial charge in [0.2, 0.25) is 0 Å². The fraction of sp³-hybridized carbons (Fsp3) is 0.200. The van der Waals surface area contributed by atoms with Crippen LogP contribution in [0.1, 0.15) is 32.7 Å². The summed E-state index contributed by atoms with van der Waals surface area (Å²) in [4.78, 5) is 8.30. The Hall–Kier alpha value is -3.99. The first kappa shape index (κ1) is 24.7. The highest BCUT2D eigenvalue weighted by Gasteiger charge is 2.24. The van der Waals surface area contributed by atoms with Gasteiger partial charge in [0.25, 0.3) is 0 Å². The predicted molar refractivity (Wildman–Crippen MR) is 144 cm³/mol. The van der Waals surface area contributed by atoms with Gasteiger partial charge in [-0.2, -0.15) is 5.26 Å². The number of rotatable bonds is 8. The molecule has 0 amide bonds. The second kappa shape index (κ2) is 11.4. The molecule has 0 fully saturated rings. The Balaban J connectivity index is 1.30. The van der Waals surface area contributed by atoms with E-state index < -0.39 is 0 Å². The number of hydrogen-bond acceptors (Lipinski definition) is 6. The van der Waals surface area contributed by atoms with Gasteiger partial charge in [0.1, 0.15) is 23.5 Å². The molecule has 1 aliphatic rings. The molecule has 0 bridgehead atoms. The lowest BCUT2D eigenvalue weighted by Crippen LogP contribution is -2.29. The van der Waals surface area contributed by atoms with Crippen LogP contribution in [0, 0.1) is 17.1 Å². The molecule has 0 N–H and O–H groups in total. The Morgan fingerprint density at radius 3 is 2.68 bits per heavy atom. The van der Waals surface area contributed by atoms with Crippen molar-refractivity contribution in [2.24, 2.45) is 4.99 Å². The van der Waals surface area contributed by atoms with Crippen LogP contribution in [0.4, 0.5) is 9.39 Å². The largest absolute Gasteiger partial charge is 0.493 e. The van der Waals surface area contributed by atoms with Gasteiger partial charge >= 0.3 is 0 Å². The summed E-state index contributed by atoms with van der Waals surface area (Å²) in [6, 6.07) is 24.8. The van der Waals surface area contributed by atoms with E-state index in [2.05, 4.69) is 40.2 Å². The van der Waals surface area contributed by atoms with E-state index >= 15 is 0 Å². The first-order valence-electron chi connectivity index (χ1n) is 12.0. The van der Waals surface area contributed by atoms with Crippen LogP contribution < -0.4 is 9.47 Å². The van der Waals surface area contributed by atoms with Crippen molar-refractivity contribution < 1.29 is 13.9 Å². The number of benzene rings is 3. The minimum absolute atomic E-state index is 0.101. The molecule has 0 aliphatic carbocycles. The zero-order valence-electron chi connectivity index (χ0n) is 20.5. The Morgan fingerprint density at radius 1 is 1.08 bits per heavy atom. The van der Waals surface area contributed by atoms with Gasteiger partial charge in [-0.15, -0.1) is 11.3 Å². The van der Waals surface area contributed by atoms with Crippen molar-refractivity contribution in [1.29, 1.82) is 5.26 Å². The average Bonchev–Trinajstić information content (AvgIpc) is 3.29. The number of thiophene rings is 1. The number of fused-ring (bicyclic) bond motifs is 1. The van der Waals surface area contributed by atoms with Gasteiger partial charge in [-0.3, -0.25) is 4.90 Å². The Labute approximate surface area is 220 Å². The van der Waals surface area contributed by atoms with Crippen molar-refractivity contribution in [3.05, 3.63) is 111 Å². The molecule has 0 spiro atoms. The summed E-state index contributed by atoms with van der Waals surface area (Å²) in [6.07, 6.45) is 2.59. The predicted octanol–water partition coefficient (Wildman–Crippen LogP) is 6.66. The number of nitrogens with zero attached hydrogens (tertiary/aromatic N) is 3. The summed E-state index contributed by atoms with van der Waals surface area (Å²) in [7, 11) is 1.56. The summed E-state index contributed by atoms with van der Waals surface area (Å²) in [6.45, 7) is 2.73. The van der Waals surface area contributed by atoms with Crippen molar-refractivity contribution in [2.45, 2.75) is 26.1 Å². The summed E-state index contributed by atoms with van der Waals surface area (Å²) >= 11 is 1.59. The highest BCUT2D eigenvalue weighted by molar-refractivity contribution is 7.16. The van der Waals surface area contributed by atoms with Gasteiger partial charge < -0.3 is 9.47 Å². The van der Waals surface area contributed by atoms with Crippen LogP contribution in [0.2, 0.25) is 0 Å². The third-order valence-electron chi connectivity index (χ3n) is 6.34. The summed E-state index contributed by atoms with van der Waals surface area (Å²) in [5.41, 5.74) is 4.38. The fourth-order valence-electron chi connectivity index (χ4n) is 4.41. The quantitative estimate of drug-likeness (QED) is 0.248. The minimum atomic E-state index is -0.305. The number of nitriles is 1. The van der Waals surface area contributed by atoms with Crippen molar-refractivity contribution in [1.82, 2.24) is 4.90 Å². The molecule has 3 aromatic carbocycles. The SMILES string of the molecule is COc1cc(C=Nc2sc3c(c2C#N)CCN(Cc2ccccc2)C3)ccc1OCc1ccccc1F. The molecule has 0 atom stereocenters. The zero-order valence-corrected chi connectivity index (χ0v) is 21.3. The highest BCUT2D eigenvalue weighted by Crippen LogP contribution is 2.39. The third-order valence-corrected chi connectivity index (χ3v) is 7.46. The molecule has 5 nitrogen and oxygen atoms in total. The van der Waals surface area contributed by atoms with Crippen LogP contribution in [-0.4, -0.2) is 24.8 Å². The Bertz CT molecular complexity index is 1460. The lowest BCUT2D eigenvalue weighted by molar-refractivity contribution is 0.249. The van der Waals surface area contributed by atoms with Crippen molar-refractivity contribution in [3.63, 3.8) is 0 Å². The zero-order chi connectivity index (χ0) is 25.6. The second-order valence-corrected chi connectivity index (χ2v) is 9.87. The third kappa shape index (κ3) is 5.72. The van der Waals surface area contributed by atoms with Crippen LogP contribution >= 0.6 is 11.3 Å². The number of hydrogen-bond donors (Lipinski definition) is 0. The molecule has 0 unspecified atom stereocenters. The molecule has 0 radical (unpaired) electrons. The first-order chi connectivity index (χ1) is 18.1. The van der Waals surface area contributed by atoms with Crippen molar-refractivity contribution in [3.8, 4) is 17.6 Å². The molecule has 186 valence electrons. The summed E-state index contributed by atoms with van der Waals surface area (Å²) in [5.74, 6) is 0.744. The molecule has 1 aromatic heterocycles. The van der Waals surface area contributed by atoms with E-state index in [0.29, 0.717) is 22.6 Å². The standard InChI is InChI=1S/C30H26FN3O2S/c1-35-28-15-22(11-12-27(28)36-20-23-9-5-6-10-26(23)31)17-33-30-25(16-32)24-13-14-34(19-29(24)37-30)18-21-7-3-2-4-8-21/h2-12,15,17H,13-14,18-20H2,1H3. The maximum absolute atomic E-state index is 13.9. The van der Waals surface area contributed by atoms with E-state index in [9.17, 15) is 9.65 Å². The van der Waals surface area contributed by atoms with Crippen molar-refractivity contribution >= 4 is 22.6 Å². The number of methoxy groups -OCH3 is 1. The van der Waals surface area contributed by atoms with Gasteiger partial charge in [0, 0.05) is 36.3 Å². The summed E-state index contributed by atoms with van der Waals surface area (Å²) in [5, 5.41) is 10.6. The van der Waals surface area contributed by atoms with Crippen LogP contribution in [0.25, 0.3) is 0 Å². The topological polar surface area (TPSA) is 57.8 Å². The Kier molecular flexibility index (Phi) is 7.59. The minimum Gasteiger partial charge on any atom is -0.493 e. The lowest BCUT2D eigenvalue weighted by atomic mass is 10.0. The lowest BCUT2D eigenvalue weighted by Gasteiger charge is -2.26. The van der Waals surface area contributed by atoms with E-state index in [0.717, 1.165) is 42.2 Å². The van der Waals surface area contributed by atoms with Crippen LogP contribution in [0.15, 0.2) is 77.8 Å². The normalized spacial score (nSPS) is 13.3. The van der Waals surface area contributed by atoms with E-state index in [1.165, 1.54) is 16.5 Å². The maximum atomic E-state index is 13.9. The maximum Gasteiger partial charge on any atom is 0.161 e. The number of ether oxygens (including phenoxy) is 2. The van der Waals surface area contributed by atoms with Crippen LogP contribution in [0.3, 0.4) is 0 Å². The van der Waals surface area contributed by atoms with E-state index in [1.54, 1.807) is 48.9 Å². The molecular weight excluding hydrogens is 485 g/mol. The number of aliphatic imine (C=N–C) groups is 1. The van der Waals surface area contributed by atoms with Crippen LogP contribution in [0.5, 0.6) is 11.5 Å². The molecular formula is C30H26FN3O2S. The second-order valence-electron chi connectivity index (χ2n) is 8.79. The average molecular weight is 512 g/mol. The van der Waals surface area contributed by atoms with Gasteiger partial charge in [-0.25, -0.2) is 9.38 Å². The molecule has 7 heteroatoms. The smallest absolute Gasteiger partial charge is 0.161 e.